The lowest BCUT2D eigenvalue weighted by molar-refractivity contribution is -0.384. The molecule has 1 atom stereocenters. The van der Waals surface area contributed by atoms with Gasteiger partial charge in [0.05, 0.1) is 11.0 Å². The van der Waals surface area contributed by atoms with Crippen LogP contribution < -0.4 is 10.6 Å². The monoisotopic (exact) mass is 334 g/mol. The van der Waals surface area contributed by atoms with E-state index >= 15 is 0 Å². The molecule has 1 aromatic carbocycles. The number of benzene rings is 1. The Bertz CT molecular complexity index is 673. The fourth-order valence-corrected chi connectivity index (χ4v) is 2.83. The van der Waals surface area contributed by atoms with Crippen molar-refractivity contribution < 1.29 is 9.72 Å². The third kappa shape index (κ3) is 4.76. The Kier molecular flexibility index (Phi) is 5.67. The predicted molar refractivity (Wildman–Crippen MR) is 90.9 cm³/mol. The van der Waals surface area contributed by atoms with Crippen LogP contribution >= 0.6 is 11.3 Å². The van der Waals surface area contributed by atoms with Crippen LogP contribution in [0.3, 0.4) is 0 Å². The Morgan fingerprint density at radius 3 is 2.78 bits per heavy atom. The summed E-state index contributed by atoms with van der Waals surface area (Å²) >= 11 is 1.61. The molecule has 1 aromatic heterocycles. The molecular formula is C15H18N4O3S. The maximum atomic E-state index is 12.0. The van der Waals surface area contributed by atoms with E-state index in [1.165, 1.54) is 18.2 Å². The summed E-state index contributed by atoms with van der Waals surface area (Å²) < 4.78 is 0. The normalized spacial score (nSPS) is 12.0. The van der Waals surface area contributed by atoms with Gasteiger partial charge in [-0.3, -0.25) is 10.1 Å². The first-order chi connectivity index (χ1) is 11.0. The highest BCUT2D eigenvalue weighted by Gasteiger charge is 2.16. The third-order valence-corrected chi connectivity index (χ3v) is 4.02. The van der Waals surface area contributed by atoms with Crippen molar-refractivity contribution in [1.82, 2.24) is 10.2 Å². The van der Waals surface area contributed by atoms with Crippen LogP contribution in [0.5, 0.6) is 0 Å². The van der Waals surface area contributed by atoms with Gasteiger partial charge < -0.3 is 15.5 Å². The van der Waals surface area contributed by atoms with E-state index in [4.69, 9.17) is 0 Å². The minimum atomic E-state index is -0.498. The van der Waals surface area contributed by atoms with Crippen molar-refractivity contribution in [3.05, 3.63) is 56.8 Å². The summed E-state index contributed by atoms with van der Waals surface area (Å²) in [7, 11) is 3.89. The zero-order chi connectivity index (χ0) is 16.8. The number of carbonyl (C=O) groups is 1. The van der Waals surface area contributed by atoms with E-state index in [9.17, 15) is 14.9 Å². The molecule has 2 N–H and O–H groups in total. The van der Waals surface area contributed by atoms with Gasteiger partial charge >= 0.3 is 6.03 Å². The second kappa shape index (κ2) is 7.70. The van der Waals surface area contributed by atoms with Gasteiger partial charge in [-0.15, -0.1) is 0 Å². The SMILES string of the molecule is CN(C)[C@H](CNC(=O)Nc1cccc([N+](=O)[O-])c1)c1ccsc1. The van der Waals surface area contributed by atoms with Gasteiger partial charge in [0.25, 0.3) is 5.69 Å². The zero-order valence-electron chi connectivity index (χ0n) is 12.9. The van der Waals surface area contributed by atoms with Gasteiger partial charge in [-0.2, -0.15) is 11.3 Å². The maximum absolute atomic E-state index is 12.0. The molecule has 122 valence electrons. The first-order valence-corrected chi connectivity index (χ1v) is 7.89. The molecule has 0 aliphatic carbocycles. The fraction of sp³-hybridized carbons (Fsp3) is 0.267. The van der Waals surface area contributed by atoms with E-state index in [0.717, 1.165) is 5.56 Å². The van der Waals surface area contributed by atoms with Crippen molar-refractivity contribution in [2.75, 3.05) is 26.0 Å². The number of non-ortho nitro benzene ring substituents is 1. The smallest absolute Gasteiger partial charge is 0.319 e. The number of carbonyl (C=O) groups excluding carboxylic acids is 1. The molecule has 0 aliphatic rings. The molecular weight excluding hydrogens is 316 g/mol. The average Bonchev–Trinajstić information content (AvgIpc) is 3.01. The summed E-state index contributed by atoms with van der Waals surface area (Å²) in [6.45, 7) is 0.435. The molecule has 2 amide bonds. The summed E-state index contributed by atoms with van der Waals surface area (Å²) in [5.41, 5.74) is 1.46. The van der Waals surface area contributed by atoms with Crippen molar-refractivity contribution in [2.24, 2.45) is 0 Å². The molecule has 0 spiro atoms. The molecule has 0 aliphatic heterocycles. The minimum absolute atomic E-state index is 0.0627. The standard InChI is InChI=1S/C15H18N4O3S/c1-18(2)14(11-6-7-23-10-11)9-16-15(20)17-12-4-3-5-13(8-12)19(21)22/h3-8,10,14H,9H2,1-2H3,(H2,16,17,20)/t14-/m1/s1. The molecule has 0 unspecified atom stereocenters. The molecule has 0 radical (unpaired) electrons. The van der Waals surface area contributed by atoms with E-state index in [2.05, 4.69) is 10.6 Å². The number of hydrogen-bond acceptors (Lipinski definition) is 5. The van der Waals surface area contributed by atoms with Gasteiger partial charge in [0.1, 0.15) is 0 Å². The molecule has 7 nitrogen and oxygen atoms in total. The van der Waals surface area contributed by atoms with Gasteiger partial charge in [0, 0.05) is 24.4 Å². The molecule has 2 aromatic rings. The molecule has 0 saturated heterocycles. The van der Waals surface area contributed by atoms with Gasteiger partial charge in [0.2, 0.25) is 0 Å². The lowest BCUT2D eigenvalue weighted by atomic mass is 10.1. The number of nitro groups is 1. The quantitative estimate of drug-likeness (QED) is 0.628. The number of nitro benzene ring substituents is 1. The highest BCUT2D eigenvalue weighted by Crippen LogP contribution is 2.20. The Morgan fingerprint density at radius 1 is 1.39 bits per heavy atom. The van der Waals surface area contributed by atoms with Crippen molar-refractivity contribution in [3.8, 4) is 0 Å². The molecule has 0 fully saturated rings. The fourth-order valence-electron chi connectivity index (χ4n) is 2.13. The minimum Gasteiger partial charge on any atom is -0.336 e. The van der Waals surface area contributed by atoms with E-state index in [0.29, 0.717) is 12.2 Å². The van der Waals surface area contributed by atoms with Crippen LogP contribution in [0.1, 0.15) is 11.6 Å². The molecule has 23 heavy (non-hydrogen) atoms. The zero-order valence-corrected chi connectivity index (χ0v) is 13.7. The summed E-state index contributed by atoms with van der Waals surface area (Å²) in [6, 6.07) is 7.53. The van der Waals surface area contributed by atoms with Crippen molar-refractivity contribution in [3.63, 3.8) is 0 Å². The van der Waals surface area contributed by atoms with Crippen LogP contribution in [0, 0.1) is 10.1 Å². The number of nitrogens with zero attached hydrogens (tertiary/aromatic N) is 2. The molecule has 8 heteroatoms. The second-order valence-corrected chi connectivity index (χ2v) is 5.96. The third-order valence-electron chi connectivity index (χ3n) is 3.32. The Morgan fingerprint density at radius 2 is 2.17 bits per heavy atom. The first kappa shape index (κ1) is 16.9. The van der Waals surface area contributed by atoms with E-state index in [1.54, 1.807) is 17.4 Å². The second-order valence-electron chi connectivity index (χ2n) is 5.18. The average molecular weight is 334 g/mol. The van der Waals surface area contributed by atoms with Crippen LogP contribution in [0.4, 0.5) is 16.2 Å². The van der Waals surface area contributed by atoms with Gasteiger partial charge in [0.15, 0.2) is 0 Å². The number of likely N-dealkylation sites (N-methyl/N-ethyl adjacent to an activating group) is 1. The predicted octanol–water partition coefficient (Wildman–Crippen LogP) is 3.08. The largest absolute Gasteiger partial charge is 0.336 e. The van der Waals surface area contributed by atoms with Crippen LogP contribution in [0.25, 0.3) is 0 Å². The molecule has 0 saturated carbocycles. The van der Waals surface area contributed by atoms with Crippen molar-refractivity contribution >= 4 is 28.7 Å². The van der Waals surface area contributed by atoms with Gasteiger partial charge in [-0.25, -0.2) is 4.79 Å². The van der Waals surface area contributed by atoms with Gasteiger partial charge in [-0.1, -0.05) is 6.07 Å². The van der Waals surface area contributed by atoms with Crippen molar-refractivity contribution in [2.45, 2.75) is 6.04 Å². The number of thiophene rings is 1. The highest BCUT2D eigenvalue weighted by molar-refractivity contribution is 7.07. The molecule has 2 rings (SSSR count). The Hall–Kier alpha value is -2.45. The lowest BCUT2D eigenvalue weighted by Crippen LogP contribution is -2.36. The maximum Gasteiger partial charge on any atom is 0.319 e. The van der Waals surface area contributed by atoms with Crippen molar-refractivity contribution in [1.29, 1.82) is 0 Å². The number of hydrogen-bond donors (Lipinski definition) is 2. The van der Waals surface area contributed by atoms with E-state index in [-0.39, 0.29) is 11.7 Å². The van der Waals surface area contributed by atoms with Gasteiger partial charge in [-0.05, 0) is 42.6 Å². The number of rotatable bonds is 6. The number of anilines is 1. The topological polar surface area (TPSA) is 87.5 Å². The summed E-state index contributed by atoms with van der Waals surface area (Å²) in [4.78, 5) is 24.2. The first-order valence-electron chi connectivity index (χ1n) is 6.95. The van der Waals surface area contributed by atoms with Crippen LogP contribution in [-0.4, -0.2) is 36.5 Å². The van der Waals surface area contributed by atoms with Crippen LogP contribution in [0.2, 0.25) is 0 Å². The molecule has 1 heterocycles. The van der Waals surface area contributed by atoms with Crippen LogP contribution in [0.15, 0.2) is 41.1 Å². The summed E-state index contributed by atoms with van der Waals surface area (Å²) in [5, 5.41) is 20.2. The summed E-state index contributed by atoms with van der Waals surface area (Å²) in [6.07, 6.45) is 0. The number of urea groups is 1. The Labute approximate surface area is 138 Å². The highest BCUT2D eigenvalue weighted by atomic mass is 32.1. The number of amides is 2. The van der Waals surface area contributed by atoms with E-state index < -0.39 is 11.0 Å². The number of nitrogens with one attached hydrogen (secondary N) is 2. The lowest BCUT2D eigenvalue weighted by Gasteiger charge is -2.24. The van der Waals surface area contributed by atoms with E-state index in [1.807, 2.05) is 35.8 Å². The van der Waals surface area contributed by atoms with Crippen LogP contribution in [-0.2, 0) is 0 Å². The Balaban J connectivity index is 1.94. The summed E-state index contributed by atoms with van der Waals surface area (Å²) in [5.74, 6) is 0. The molecule has 0 bridgehead atoms.